The van der Waals surface area contributed by atoms with Crippen molar-refractivity contribution in [3.8, 4) is 22.8 Å². The molecule has 3 rings (SSSR count). The standard InChI is InChI=1S/C19H19N3O2/c1-3-13(2)20-18(23)15-9-11-16(12-10-15)19-21-17(22-24-19)14-7-5-4-6-8-14/h4-13H,3H2,1-2H3,(H,20,23)/t13-/m1/s1. The van der Waals surface area contributed by atoms with E-state index in [-0.39, 0.29) is 11.9 Å². The number of nitrogens with one attached hydrogen (secondary N) is 1. The highest BCUT2D eigenvalue weighted by molar-refractivity contribution is 5.94. The minimum absolute atomic E-state index is 0.0774. The summed E-state index contributed by atoms with van der Waals surface area (Å²) in [5.41, 5.74) is 2.30. The first kappa shape index (κ1) is 15.9. The van der Waals surface area contributed by atoms with Crippen LogP contribution in [-0.4, -0.2) is 22.1 Å². The third-order valence-electron chi connectivity index (χ3n) is 3.84. The molecule has 1 atom stereocenters. The van der Waals surface area contributed by atoms with Crippen LogP contribution in [0.1, 0.15) is 30.6 Å². The molecule has 1 amide bonds. The lowest BCUT2D eigenvalue weighted by Gasteiger charge is -2.11. The Balaban J connectivity index is 1.77. The summed E-state index contributed by atoms with van der Waals surface area (Å²) in [5, 5.41) is 6.95. The fourth-order valence-corrected chi connectivity index (χ4v) is 2.22. The second kappa shape index (κ2) is 7.08. The number of carbonyl (C=O) groups excluding carboxylic acids is 1. The van der Waals surface area contributed by atoms with E-state index in [1.165, 1.54) is 0 Å². The molecule has 5 nitrogen and oxygen atoms in total. The number of amides is 1. The van der Waals surface area contributed by atoms with Gasteiger partial charge < -0.3 is 9.84 Å². The van der Waals surface area contributed by atoms with Crippen LogP contribution >= 0.6 is 0 Å². The van der Waals surface area contributed by atoms with E-state index in [0.717, 1.165) is 17.5 Å². The van der Waals surface area contributed by atoms with Crippen LogP contribution in [0.15, 0.2) is 59.1 Å². The molecule has 1 N–H and O–H groups in total. The summed E-state index contributed by atoms with van der Waals surface area (Å²) in [6.45, 7) is 4.02. The zero-order valence-electron chi connectivity index (χ0n) is 13.7. The number of aromatic nitrogens is 2. The Morgan fingerprint density at radius 2 is 1.79 bits per heavy atom. The summed E-state index contributed by atoms with van der Waals surface area (Å²) >= 11 is 0. The first-order chi connectivity index (χ1) is 11.7. The van der Waals surface area contributed by atoms with Gasteiger partial charge in [0, 0.05) is 22.7 Å². The minimum atomic E-state index is -0.0774. The van der Waals surface area contributed by atoms with Crippen LogP contribution in [-0.2, 0) is 0 Å². The van der Waals surface area contributed by atoms with Crippen LogP contribution in [0.4, 0.5) is 0 Å². The average Bonchev–Trinajstić information content (AvgIpc) is 3.12. The predicted octanol–water partition coefficient (Wildman–Crippen LogP) is 3.93. The maximum absolute atomic E-state index is 12.1. The molecule has 0 radical (unpaired) electrons. The van der Waals surface area contributed by atoms with Gasteiger partial charge in [-0.1, -0.05) is 42.4 Å². The molecule has 0 unspecified atom stereocenters. The van der Waals surface area contributed by atoms with E-state index >= 15 is 0 Å². The van der Waals surface area contributed by atoms with E-state index in [1.807, 2.05) is 56.3 Å². The van der Waals surface area contributed by atoms with Gasteiger partial charge in [-0.2, -0.15) is 4.98 Å². The lowest BCUT2D eigenvalue weighted by Crippen LogP contribution is -2.31. The number of benzene rings is 2. The van der Waals surface area contributed by atoms with Crippen molar-refractivity contribution >= 4 is 5.91 Å². The van der Waals surface area contributed by atoms with Crippen molar-refractivity contribution in [1.29, 1.82) is 0 Å². The van der Waals surface area contributed by atoms with Gasteiger partial charge in [-0.3, -0.25) is 4.79 Å². The van der Waals surface area contributed by atoms with Crippen LogP contribution in [0.5, 0.6) is 0 Å². The van der Waals surface area contributed by atoms with Gasteiger partial charge in [-0.25, -0.2) is 0 Å². The smallest absolute Gasteiger partial charge is 0.258 e. The van der Waals surface area contributed by atoms with Gasteiger partial charge in [0.2, 0.25) is 5.82 Å². The average molecular weight is 321 g/mol. The highest BCUT2D eigenvalue weighted by Crippen LogP contribution is 2.22. The molecule has 0 spiro atoms. The fourth-order valence-electron chi connectivity index (χ4n) is 2.22. The molecule has 1 aromatic heterocycles. The van der Waals surface area contributed by atoms with Gasteiger partial charge >= 0.3 is 0 Å². The van der Waals surface area contributed by atoms with Crippen molar-refractivity contribution in [3.63, 3.8) is 0 Å². The third kappa shape index (κ3) is 3.51. The van der Waals surface area contributed by atoms with Crippen molar-refractivity contribution in [2.75, 3.05) is 0 Å². The highest BCUT2D eigenvalue weighted by Gasteiger charge is 2.12. The quantitative estimate of drug-likeness (QED) is 0.773. The highest BCUT2D eigenvalue weighted by atomic mass is 16.5. The molecule has 0 bridgehead atoms. The van der Waals surface area contributed by atoms with Gasteiger partial charge in [0.1, 0.15) is 0 Å². The fraction of sp³-hybridized carbons (Fsp3) is 0.211. The number of hydrogen-bond acceptors (Lipinski definition) is 4. The maximum atomic E-state index is 12.1. The zero-order chi connectivity index (χ0) is 16.9. The van der Waals surface area contributed by atoms with Gasteiger partial charge in [0.15, 0.2) is 0 Å². The summed E-state index contributed by atoms with van der Waals surface area (Å²) in [4.78, 5) is 16.5. The van der Waals surface area contributed by atoms with Gasteiger partial charge in [0.25, 0.3) is 11.8 Å². The van der Waals surface area contributed by atoms with Crippen LogP contribution in [0.3, 0.4) is 0 Å². The maximum Gasteiger partial charge on any atom is 0.258 e. The second-order valence-corrected chi connectivity index (χ2v) is 5.65. The Morgan fingerprint density at radius 3 is 2.46 bits per heavy atom. The topological polar surface area (TPSA) is 68.0 Å². The monoisotopic (exact) mass is 321 g/mol. The van der Waals surface area contributed by atoms with Gasteiger partial charge in [-0.15, -0.1) is 0 Å². The van der Waals surface area contributed by atoms with E-state index in [4.69, 9.17) is 4.52 Å². The van der Waals surface area contributed by atoms with Crippen molar-refractivity contribution in [3.05, 3.63) is 60.2 Å². The third-order valence-corrected chi connectivity index (χ3v) is 3.84. The molecule has 0 saturated heterocycles. The molecule has 1 heterocycles. The lowest BCUT2D eigenvalue weighted by atomic mass is 10.1. The zero-order valence-corrected chi connectivity index (χ0v) is 13.7. The Labute approximate surface area is 140 Å². The Morgan fingerprint density at radius 1 is 1.08 bits per heavy atom. The molecular weight excluding hydrogens is 302 g/mol. The first-order valence-corrected chi connectivity index (χ1v) is 7.98. The van der Waals surface area contributed by atoms with Crippen LogP contribution < -0.4 is 5.32 Å². The largest absolute Gasteiger partial charge is 0.350 e. The van der Waals surface area contributed by atoms with E-state index in [1.54, 1.807) is 12.1 Å². The molecule has 2 aromatic carbocycles. The van der Waals surface area contributed by atoms with Crippen molar-refractivity contribution in [2.45, 2.75) is 26.3 Å². The van der Waals surface area contributed by atoms with E-state index < -0.39 is 0 Å². The molecule has 0 aliphatic heterocycles. The van der Waals surface area contributed by atoms with Gasteiger partial charge in [-0.05, 0) is 37.6 Å². The number of rotatable bonds is 5. The molecule has 0 aliphatic carbocycles. The molecule has 122 valence electrons. The predicted molar refractivity (Wildman–Crippen MR) is 92.4 cm³/mol. The molecule has 24 heavy (non-hydrogen) atoms. The summed E-state index contributed by atoms with van der Waals surface area (Å²) in [6, 6.07) is 17.0. The molecular formula is C19H19N3O2. The summed E-state index contributed by atoms with van der Waals surface area (Å²) in [7, 11) is 0. The molecule has 0 aliphatic rings. The van der Waals surface area contributed by atoms with E-state index in [9.17, 15) is 4.79 Å². The van der Waals surface area contributed by atoms with E-state index in [0.29, 0.717) is 17.3 Å². The van der Waals surface area contributed by atoms with Crippen LogP contribution in [0.25, 0.3) is 22.8 Å². The molecule has 5 heteroatoms. The van der Waals surface area contributed by atoms with Crippen LogP contribution in [0, 0.1) is 0 Å². The summed E-state index contributed by atoms with van der Waals surface area (Å²) in [6.07, 6.45) is 0.897. The number of carbonyl (C=O) groups is 1. The SMILES string of the molecule is CC[C@@H](C)NC(=O)c1ccc(-c2nc(-c3ccccc3)no2)cc1. The first-order valence-electron chi connectivity index (χ1n) is 7.98. The Kier molecular flexibility index (Phi) is 4.70. The Hall–Kier alpha value is -2.95. The van der Waals surface area contributed by atoms with Crippen molar-refractivity contribution in [1.82, 2.24) is 15.5 Å². The minimum Gasteiger partial charge on any atom is -0.350 e. The van der Waals surface area contributed by atoms with Crippen molar-refractivity contribution < 1.29 is 9.32 Å². The normalized spacial score (nSPS) is 11.9. The molecule has 3 aromatic rings. The Bertz CT molecular complexity index is 810. The second-order valence-electron chi connectivity index (χ2n) is 5.65. The van der Waals surface area contributed by atoms with E-state index in [2.05, 4.69) is 15.5 Å². The molecule has 0 fully saturated rings. The van der Waals surface area contributed by atoms with Crippen LogP contribution in [0.2, 0.25) is 0 Å². The number of nitrogens with zero attached hydrogens (tertiary/aromatic N) is 2. The molecule has 0 saturated carbocycles. The van der Waals surface area contributed by atoms with Gasteiger partial charge in [0.05, 0.1) is 0 Å². The lowest BCUT2D eigenvalue weighted by molar-refractivity contribution is 0.0939. The van der Waals surface area contributed by atoms with Crippen molar-refractivity contribution in [2.24, 2.45) is 0 Å². The summed E-state index contributed by atoms with van der Waals surface area (Å²) < 4.78 is 5.33. The number of hydrogen-bond donors (Lipinski definition) is 1. The summed E-state index contributed by atoms with van der Waals surface area (Å²) in [5.74, 6) is 0.901.